The molecule has 7 heteroatoms. The van der Waals surface area contributed by atoms with Crippen molar-refractivity contribution in [3.05, 3.63) is 12.2 Å². The normalized spacial score (nSPS) is 12.0. The fourth-order valence-corrected chi connectivity index (χ4v) is 3.35. The van der Waals surface area contributed by atoms with Gasteiger partial charge in [0.15, 0.2) is 0 Å². The molecule has 0 aliphatic rings. The van der Waals surface area contributed by atoms with Crippen molar-refractivity contribution in [3.8, 4) is 0 Å². The number of thiol groups is 1. The Morgan fingerprint density at radius 3 is 2.26 bits per heavy atom. The topological polar surface area (TPSA) is 87.0 Å². The summed E-state index contributed by atoms with van der Waals surface area (Å²) in [5, 5.41) is 0. The summed E-state index contributed by atoms with van der Waals surface area (Å²) in [5.74, 6) is 0.337. The molecule has 0 aromatic carbocycles. The van der Waals surface area contributed by atoms with Crippen LogP contribution in [-0.4, -0.2) is 33.0 Å². The zero-order valence-electron chi connectivity index (χ0n) is 11.4. The minimum absolute atomic E-state index is 0.287. The second-order valence-corrected chi connectivity index (χ2v) is 8.45. The molecule has 0 unspecified atom stereocenters. The molecular weight excluding hydrogens is 287 g/mol. The van der Waals surface area contributed by atoms with Crippen molar-refractivity contribution in [1.82, 2.24) is 0 Å². The minimum Gasteiger partial charge on any atom is -0.463 e. The summed E-state index contributed by atoms with van der Waals surface area (Å²) < 4.78 is 4.96. The third-order valence-corrected chi connectivity index (χ3v) is 5.02. The molecule has 0 rings (SSSR count). The lowest BCUT2D eigenvalue weighted by molar-refractivity contribution is -0.137. The molecule has 0 aromatic heterocycles. The van der Waals surface area contributed by atoms with Crippen LogP contribution in [0.1, 0.15) is 45.4 Å². The molecule has 0 saturated heterocycles. The fraction of sp³-hybridized carbons (Fsp3) is 0.750. The van der Waals surface area contributed by atoms with Crippen LogP contribution >= 0.6 is 6.72 Å². The van der Waals surface area contributed by atoms with Gasteiger partial charge in [0.2, 0.25) is 0 Å². The summed E-state index contributed by atoms with van der Waals surface area (Å²) in [6.07, 6.45) is 9.03. The van der Waals surface area contributed by atoms with Gasteiger partial charge in [-0.2, -0.15) is 0 Å². The second-order valence-electron chi connectivity index (χ2n) is 4.19. The molecule has 0 fully saturated rings. The minimum atomic E-state index is -3.58. The van der Waals surface area contributed by atoms with E-state index in [0.717, 1.165) is 38.5 Å². The molecule has 0 atom stereocenters. The van der Waals surface area contributed by atoms with E-state index < -0.39 is 6.72 Å². The highest BCUT2D eigenvalue weighted by Crippen LogP contribution is 2.31. The van der Waals surface area contributed by atoms with Gasteiger partial charge in [0.1, 0.15) is 0 Å². The van der Waals surface area contributed by atoms with E-state index in [-0.39, 0.29) is 5.97 Å². The number of hydrogen-bond donors (Lipinski definition) is 4. The smallest absolute Gasteiger partial charge is 0.330 e. The van der Waals surface area contributed by atoms with Gasteiger partial charge in [-0.25, -0.2) is 4.79 Å². The van der Waals surface area contributed by atoms with E-state index in [4.69, 9.17) is 19.4 Å². The molecule has 5 nitrogen and oxygen atoms in total. The predicted molar refractivity (Wildman–Crippen MR) is 80.7 cm³/mol. The fourth-order valence-electron chi connectivity index (χ4n) is 1.48. The van der Waals surface area contributed by atoms with E-state index in [1.807, 2.05) is 0 Å². The molecule has 3 N–H and O–H groups in total. The van der Waals surface area contributed by atoms with Gasteiger partial charge in [-0.3, -0.25) is 0 Å². The van der Waals surface area contributed by atoms with Crippen LogP contribution in [0.4, 0.5) is 0 Å². The molecular formula is C12H25O5PS. The van der Waals surface area contributed by atoms with E-state index in [1.165, 1.54) is 6.08 Å². The van der Waals surface area contributed by atoms with Gasteiger partial charge in [0.05, 0.1) is 6.61 Å². The van der Waals surface area contributed by atoms with Crippen LogP contribution < -0.4 is 0 Å². The Morgan fingerprint density at radius 2 is 1.68 bits per heavy atom. The van der Waals surface area contributed by atoms with Crippen molar-refractivity contribution in [1.29, 1.82) is 0 Å². The number of unbranched alkanes of at least 4 members (excludes halogenated alkanes) is 5. The van der Waals surface area contributed by atoms with Crippen LogP contribution in [0.15, 0.2) is 12.2 Å². The average Bonchev–Trinajstić information content (AvgIpc) is 2.30. The summed E-state index contributed by atoms with van der Waals surface area (Å²) in [6.45, 7) is -1.34. The van der Waals surface area contributed by atoms with E-state index in [9.17, 15) is 4.79 Å². The summed E-state index contributed by atoms with van der Waals surface area (Å²) in [4.78, 5) is 37.3. The number of hydrogen-bond acceptors (Lipinski definition) is 2. The lowest BCUT2D eigenvalue weighted by atomic mass is 10.1. The Labute approximate surface area is 118 Å². The average molecular weight is 312 g/mol. The van der Waals surface area contributed by atoms with Crippen molar-refractivity contribution in [3.63, 3.8) is 0 Å². The number of carbonyl (C=O) groups excluding carboxylic acids is 1. The zero-order valence-corrected chi connectivity index (χ0v) is 13.2. The van der Waals surface area contributed by atoms with Gasteiger partial charge in [-0.05, 0) is 25.5 Å². The highest BCUT2D eigenvalue weighted by atomic mass is 32.5. The summed E-state index contributed by atoms with van der Waals surface area (Å²) in [7, 11) is 0.346. The standard InChI is InChI=1S/C12H25O5PS/c1-2-9-12(13)17-10-7-5-3-4-6-8-11-19-18(14,15)16/h2,9,14-16,19H,3-8,10-11H2,1H3. The second kappa shape index (κ2) is 11.7. The molecule has 0 heterocycles. The highest BCUT2D eigenvalue weighted by molar-refractivity contribution is 8.16. The maximum atomic E-state index is 11.0. The number of rotatable bonds is 10. The lowest BCUT2D eigenvalue weighted by Gasteiger charge is -2.04. The van der Waals surface area contributed by atoms with Gasteiger partial charge >= 0.3 is 5.97 Å². The van der Waals surface area contributed by atoms with Crippen LogP contribution in [-0.2, 0) is 20.5 Å². The Balaban J connectivity index is 3.26. The lowest BCUT2D eigenvalue weighted by Crippen LogP contribution is -2.01. The van der Waals surface area contributed by atoms with Crippen molar-refractivity contribution < 1.29 is 24.2 Å². The summed E-state index contributed by atoms with van der Waals surface area (Å²) in [6, 6.07) is 0. The number of carbonyl (C=O) groups is 1. The molecule has 0 aromatic rings. The number of ether oxygens (including phenoxy) is 1. The Bertz CT molecular complexity index is 316. The zero-order chi connectivity index (χ0) is 14.6. The number of esters is 1. The largest absolute Gasteiger partial charge is 0.463 e. The van der Waals surface area contributed by atoms with E-state index >= 15 is 0 Å². The molecule has 114 valence electrons. The predicted octanol–water partition coefficient (Wildman–Crippen LogP) is 1.92. The van der Waals surface area contributed by atoms with Crippen LogP contribution in [0.5, 0.6) is 0 Å². The van der Waals surface area contributed by atoms with Crippen molar-refractivity contribution in [2.45, 2.75) is 45.4 Å². The number of allylic oxidation sites excluding steroid dienone is 1. The molecule has 0 saturated carbocycles. The summed E-state index contributed by atoms with van der Waals surface area (Å²) >= 11 is 0. The Kier molecular flexibility index (Phi) is 11.6. The van der Waals surface area contributed by atoms with Gasteiger partial charge in [-0.15, -0.1) is 10.9 Å². The molecule has 0 aliphatic heterocycles. The Morgan fingerprint density at radius 1 is 1.11 bits per heavy atom. The quantitative estimate of drug-likeness (QED) is 0.163. The van der Waals surface area contributed by atoms with Crippen LogP contribution in [0.3, 0.4) is 0 Å². The van der Waals surface area contributed by atoms with Crippen LogP contribution in [0.2, 0.25) is 0 Å². The maximum absolute atomic E-state index is 11.0. The maximum Gasteiger partial charge on any atom is 0.330 e. The van der Waals surface area contributed by atoms with Crippen LogP contribution in [0, 0.1) is 0 Å². The SMILES string of the molecule is CC=CC(=O)OCCCCCCCC[SH]=P(O)(O)O. The van der Waals surface area contributed by atoms with Gasteiger partial charge in [0, 0.05) is 6.08 Å². The molecule has 0 spiro atoms. The van der Waals surface area contributed by atoms with E-state index in [2.05, 4.69) is 0 Å². The summed E-state index contributed by atoms with van der Waals surface area (Å²) in [5.41, 5.74) is 0. The van der Waals surface area contributed by atoms with E-state index in [1.54, 1.807) is 13.0 Å². The first kappa shape index (κ1) is 18.9. The first-order valence-corrected chi connectivity index (χ1v) is 9.94. The molecule has 0 bridgehead atoms. The van der Waals surface area contributed by atoms with Gasteiger partial charge in [0.25, 0.3) is 6.72 Å². The third-order valence-electron chi connectivity index (χ3n) is 2.39. The monoisotopic (exact) mass is 312 g/mol. The van der Waals surface area contributed by atoms with Crippen molar-refractivity contribution >= 4 is 23.6 Å². The van der Waals surface area contributed by atoms with Crippen molar-refractivity contribution in [2.24, 2.45) is 0 Å². The third kappa shape index (κ3) is 15.8. The molecule has 19 heavy (non-hydrogen) atoms. The first-order chi connectivity index (χ1) is 8.95. The van der Waals surface area contributed by atoms with Crippen LogP contribution in [0.25, 0.3) is 0 Å². The Hall–Kier alpha value is -0.130. The molecule has 0 aliphatic carbocycles. The van der Waals surface area contributed by atoms with Gasteiger partial charge < -0.3 is 19.4 Å². The highest BCUT2D eigenvalue weighted by Gasteiger charge is 1.99. The molecule has 0 radical (unpaired) electrons. The van der Waals surface area contributed by atoms with E-state index in [0.29, 0.717) is 23.3 Å². The first-order valence-electron chi connectivity index (χ1n) is 6.51. The van der Waals surface area contributed by atoms with Gasteiger partial charge in [-0.1, -0.05) is 31.8 Å². The molecule has 0 amide bonds. The van der Waals surface area contributed by atoms with Crippen molar-refractivity contribution in [2.75, 3.05) is 12.4 Å².